The molecular formula is C21H29ClN2O2. The Bertz CT molecular complexity index is 718. The van der Waals surface area contributed by atoms with Crippen LogP contribution >= 0.6 is 12.4 Å². The lowest BCUT2D eigenvalue weighted by Gasteiger charge is -2.38. The minimum Gasteiger partial charge on any atom is -0.384 e. The van der Waals surface area contributed by atoms with Crippen LogP contribution in [0.25, 0.3) is 10.8 Å². The van der Waals surface area contributed by atoms with E-state index in [1.807, 2.05) is 11.9 Å². The van der Waals surface area contributed by atoms with Crippen molar-refractivity contribution >= 4 is 29.1 Å². The van der Waals surface area contributed by atoms with E-state index in [0.29, 0.717) is 6.61 Å². The maximum absolute atomic E-state index is 13.1. The monoisotopic (exact) mass is 376 g/mol. The van der Waals surface area contributed by atoms with Gasteiger partial charge < -0.3 is 15.0 Å². The topological polar surface area (TPSA) is 41.6 Å². The van der Waals surface area contributed by atoms with E-state index in [-0.39, 0.29) is 23.7 Å². The second-order valence-electron chi connectivity index (χ2n) is 7.08. The normalized spacial score (nSPS) is 16.1. The predicted octanol–water partition coefficient (Wildman–Crippen LogP) is 3.28. The summed E-state index contributed by atoms with van der Waals surface area (Å²) in [6, 6.07) is 14.8. The van der Waals surface area contributed by atoms with Crippen molar-refractivity contribution in [1.29, 1.82) is 0 Å². The Morgan fingerprint density at radius 2 is 1.85 bits per heavy atom. The molecule has 0 aliphatic carbocycles. The number of halogens is 1. The average molecular weight is 377 g/mol. The van der Waals surface area contributed by atoms with Gasteiger partial charge in [0.05, 0.1) is 12.0 Å². The molecule has 0 unspecified atom stereocenters. The van der Waals surface area contributed by atoms with E-state index < -0.39 is 0 Å². The summed E-state index contributed by atoms with van der Waals surface area (Å²) in [6.45, 7) is 3.00. The molecule has 1 fully saturated rings. The summed E-state index contributed by atoms with van der Waals surface area (Å²) in [5, 5.41) is 5.87. The molecule has 142 valence electrons. The lowest BCUT2D eigenvalue weighted by molar-refractivity contribution is -0.146. The molecule has 5 heteroatoms. The maximum atomic E-state index is 13.1. The molecule has 0 aromatic heterocycles. The molecule has 1 heterocycles. The van der Waals surface area contributed by atoms with Gasteiger partial charge in [0, 0.05) is 20.7 Å². The van der Waals surface area contributed by atoms with Crippen molar-refractivity contribution in [1.82, 2.24) is 10.2 Å². The van der Waals surface area contributed by atoms with Crippen LogP contribution in [0.3, 0.4) is 0 Å². The van der Waals surface area contributed by atoms with E-state index in [1.165, 1.54) is 16.3 Å². The number of amides is 1. The van der Waals surface area contributed by atoms with Crippen LogP contribution in [-0.4, -0.2) is 51.2 Å². The number of rotatable bonds is 6. The number of benzene rings is 2. The van der Waals surface area contributed by atoms with Gasteiger partial charge >= 0.3 is 0 Å². The molecule has 0 atom stereocenters. The molecule has 0 spiro atoms. The smallest absolute Gasteiger partial charge is 0.230 e. The van der Waals surface area contributed by atoms with Crippen LogP contribution in [0, 0.1) is 5.41 Å². The zero-order valence-corrected chi connectivity index (χ0v) is 16.5. The van der Waals surface area contributed by atoms with E-state index >= 15 is 0 Å². The van der Waals surface area contributed by atoms with Crippen LogP contribution in [0.2, 0.25) is 0 Å². The molecular weight excluding hydrogens is 348 g/mol. The van der Waals surface area contributed by atoms with E-state index in [0.717, 1.165) is 38.9 Å². The third kappa shape index (κ3) is 4.37. The molecule has 1 amide bonds. The summed E-state index contributed by atoms with van der Waals surface area (Å²) in [4.78, 5) is 15.0. The first kappa shape index (κ1) is 20.7. The number of ether oxygens (including phenoxy) is 1. The van der Waals surface area contributed by atoms with Crippen LogP contribution in [0.4, 0.5) is 0 Å². The van der Waals surface area contributed by atoms with Gasteiger partial charge in [-0.15, -0.1) is 12.4 Å². The third-order valence-electron chi connectivity index (χ3n) is 5.38. The fourth-order valence-electron chi connectivity index (χ4n) is 3.91. The molecule has 0 saturated carbocycles. The summed E-state index contributed by atoms with van der Waals surface area (Å²) in [5.41, 5.74) is 0.928. The lowest BCUT2D eigenvalue weighted by Crippen LogP contribution is -2.51. The Hall–Kier alpha value is -1.62. The van der Waals surface area contributed by atoms with Crippen LogP contribution in [0.1, 0.15) is 18.4 Å². The maximum Gasteiger partial charge on any atom is 0.230 e. The van der Waals surface area contributed by atoms with Crippen molar-refractivity contribution in [2.45, 2.75) is 19.3 Å². The van der Waals surface area contributed by atoms with Crippen LogP contribution in [-0.2, 0) is 16.0 Å². The largest absolute Gasteiger partial charge is 0.384 e. The number of methoxy groups -OCH3 is 1. The first-order valence-corrected chi connectivity index (χ1v) is 9.08. The summed E-state index contributed by atoms with van der Waals surface area (Å²) in [6.07, 6.45) is 2.56. The van der Waals surface area contributed by atoms with E-state index in [1.54, 1.807) is 7.11 Å². The Balaban J connectivity index is 0.00000243. The zero-order chi connectivity index (χ0) is 17.7. The summed E-state index contributed by atoms with van der Waals surface area (Å²) in [7, 11) is 3.61. The highest BCUT2D eigenvalue weighted by molar-refractivity contribution is 5.86. The minimum absolute atomic E-state index is 0. The number of nitrogens with zero attached hydrogens (tertiary/aromatic N) is 1. The quantitative estimate of drug-likeness (QED) is 0.841. The number of piperidine rings is 1. The highest BCUT2D eigenvalue weighted by Gasteiger charge is 2.41. The number of hydrogen-bond donors (Lipinski definition) is 1. The molecule has 2 aromatic carbocycles. The molecule has 1 saturated heterocycles. The fourth-order valence-corrected chi connectivity index (χ4v) is 3.91. The van der Waals surface area contributed by atoms with Crippen molar-refractivity contribution in [3.63, 3.8) is 0 Å². The van der Waals surface area contributed by atoms with Gasteiger partial charge in [-0.3, -0.25) is 4.79 Å². The van der Waals surface area contributed by atoms with Crippen LogP contribution in [0.15, 0.2) is 42.5 Å². The van der Waals surface area contributed by atoms with Gasteiger partial charge in [-0.1, -0.05) is 42.5 Å². The molecule has 4 nitrogen and oxygen atoms in total. The van der Waals surface area contributed by atoms with Gasteiger partial charge in [0.25, 0.3) is 0 Å². The Morgan fingerprint density at radius 1 is 1.15 bits per heavy atom. The second-order valence-corrected chi connectivity index (χ2v) is 7.08. The van der Waals surface area contributed by atoms with Crippen molar-refractivity contribution in [2.75, 3.05) is 40.4 Å². The van der Waals surface area contributed by atoms with E-state index in [4.69, 9.17) is 4.74 Å². The van der Waals surface area contributed by atoms with Crippen molar-refractivity contribution < 1.29 is 9.53 Å². The highest BCUT2D eigenvalue weighted by Crippen LogP contribution is 2.31. The molecule has 1 N–H and O–H groups in total. The first-order valence-electron chi connectivity index (χ1n) is 9.08. The molecule has 26 heavy (non-hydrogen) atoms. The van der Waals surface area contributed by atoms with Gasteiger partial charge in [0.15, 0.2) is 0 Å². The molecule has 2 aromatic rings. The van der Waals surface area contributed by atoms with Gasteiger partial charge in [-0.25, -0.2) is 0 Å². The summed E-state index contributed by atoms with van der Waals surface area (Å²) in [5.74, 6) is 0.219. The average Bonchev–Trinajstić information content (AvgIpc) is 2.66. The lowest BCUT2D eigenvalue weighted by atomic mass is 9.78. The van der Waals surface area contributed by atoms with Gasteiger partial charge in [-0.05, 0) is 48.7 Å². The Kier molecular flexibility index (Phi) is 7.44. The number of likely N-dealkylation sites (N-methyl/N-ethyl adjacent to an activating group) is 1. The van der Waals surface area contributed by atoms with Gasteiger partial charge in [0.1, 0.15) is 0 Å². The fraction of sp³-hybridized carbons (Fsp3) is 0.476. The standard InChI is InChI=1S/C21H28N2O2.ClH/c1-23(20(24)21(16-25-2)11-13-22-14-12-21)15-10-18-8-5-7-17-6-3-4-9-19(17)18;/h3-9,22H,10-16H2,1-2H3;1H. The number of fused-ring (bicyclic) bond motifs is 1. The van der Waals surface area contributed by atoms with E-state index in [9.17, 15) is 4.79 Å². The summed E-state index contributed by atoms with van der Waals surface area (Å²) >= 11 is 0. The minimum atomic E-state index is -0.368. The molecule has 1 aliphatic heterocycles. The van der Waals surface area contributed by atoms with Crippen molar-refractivity contribution in [3.8, 4) is 0 Å². The number of carbonyl (C=O) groups excluding carboxylic acids is 1. The van der Waals surface area contributed by atoms with Gasteiger partial charge in [-0.2, -0.15) is 0 Å². The van der Waals surface area contributed by atoms with Crippen molar-refractivity contribution in [2.24, 2.45) is 5.41 Å². The number of carbonyl (C=O) groups is 1. The Morgan fingerprint density at radius 3 is 2.58 bits per heavy atom. The predicted molar refractivity (Wildman–Crippen MR) is 109 cm³/mol. The van der Waals surface area contributed by atoms with Crippen LogP contribution < -0.4 is 5.32 Å². The molecule has 0 bridgehead atoms. The Labute approximate surface area is 162 Å². The molecule has 1 aliphatic rings. The molecule has 3 rings (SSSR count). The van der Waals surface area contributed by atoms with E-state index in [2.05, 4.69) is 47.8 Å². The summed E-state index contributed by atoms with van der Waals surface area (Å²) < 4.78 is 5.40. The van der Waals surface area contributed by atoms with Gasteiger partial charge in [0.2, 0.25) is 5.91 Å². The van der Waals surface area contributed by atoms with Crippen molar-refractivity contribution in [3.05, 3.63) is 48.0 Å². The highest BCUT2D eigenvalue weighted by atomic mass is 35.5. The number of nitrogens with one attached hydrogen (secondary N) is 1. The molecule has 0 radical (unpaired) electrons. The zero-order valence-electron chi connectivity index (χ0n) is 15.7. The number of hydrogen-bond acceptors (Lipinski definition) is 3. The third-order valence-corrected chi connectivity index (χ3v) is 5.38. The van der Waals surface area contributed by atoms with Crippen LogP contribution in [0.5, 0.6) is 0 Å². The SMILES string of the molecule is COCC1(C(=O)N(C)CCc2cccc3ccccc23)CCNCC1.Cl. The second kappa shape index (κ2) is 9.36. The first-order chi connectivity index (χ1) is 12.2.